The summed E-state index contributed by atoms with van der Waals surface area (Å²) in [5, 5.41) is 6.49. The SMILES string of the molecule is Nc1cc(OCCN2CCOCC2)ccc1Nc1cc[c]c(Nc2ccccc2)n1. The van der Waals surface area contributed by atoms with E-state index >= 15 is 0 Å². The Labute approximate surface area is 176 Å². The monoisotopic (exact) mass is 404 g/mol. The van der Waals surface area contributed by atoms with Crippen LogP contribution in [-0.4, -0.2) is 49.3 Å². The molecular weight excluding hydrogens is 378 g/mol. The fourth-order valence-corrected chi connectivity index (χ4v) is 3.18. The Hall–Kier alpha value is -3.29. The van der Waals surface area contributed by atoms with Crippen molar-refractivity contribution in [3.05, 3.63) is 66.7 Å². The molecule has 7 nitrogen and oxygen atoms in total. The van der Waals surface area contributed by atoms with E-state index < -0.39 is 0 Å². The van der Waals surface area contributed by atoms with Gasteiger partial charge < -0.3 is 25.8 Å². The lowest BCUT2D eigenvalue weighted by atomic mass is 10.2. The van der Waals surface area contributed by atoms with E-state index in [0.717, 1.165) is 50.0 Å². The molecule has 0 unspecified atom stereocenters. The van der Waals surface area contributed by atoms with E-state index in [1.54, 1.807) is 0 Å². The molecule has 3 aromatic rings. The molecule has 0 atom stereocenters. The number of pyridine rings is 1. The molecule has 0 bridgehead atoms. The third-order valence-electron chi connectivity index (χ3n) is 4.80. The summed E-state index contributed by atoms with van der Waals surface area (Å²) in [6.45, 7) is 5.00. The van der Waals surface area contributed by atoms with Gasteiger partial charge in [0, 0.05) is 37.5 Å². The van der Waals surface area contributed by atoms with Crippen LogP contribution in [0.15, 0.2) is 60.7 Å². The maximum absolute atomic E-state index is 6.22. The number of para-hydroxylation sites is 1. The lowest BCUT2D eigenvalue weighted by Gasteiger charge is -2.26. The Morgan fingerprint density at radius 2 is 1.90 bits per heavy atom. The van der Waals surface area contributed by atoms with Gasteiger partial charge in [-0.25, -0.2) is 4.98 Å². The van der Waals surface area contributed by atoms with Crippen LogP contribution in [0.2, 0.25) is 0 Å². The maximum atomic E-state index is 6.22. The first-order valence-electron chi connectivity index (χ1n) is 10.1. The third kappa shape index (κ3) is 5.62. The van der Waals surface area contributed by atoms with Crippen LogP contribution in [-0.2, 0) is 4.74 Å². The Morgan fingerprint density at radius 1 is 1.07 bits per heavy atom. The van der Waals surface area contributed by atoms with Crippen molar-refractivity contribution in [2.45, 2.75) is 0 Å². The molecule has 0 saturated carbocycles. The van der Waals surface area contributed by atoms with Crippen molar-refractivity contribution < 1.29 is 9.47 Å². The van der Waals surface area contributed by atoms with Crippen LogP contribution in [0.1, 0.15) is 0 Å². The summed E-state index contributed by atoms with van der Waals surface area (Å²) in [5.74, 6) is 2.07. The molecular formula is C23H26N5O2. The van der Waals surface area contributed by atoms with Gasteiger partial charge in [-0.3, -0.25) is 4.90 Å². The van der Waals surface area contributed by atoms with E-state index in [-0.39, 0.29) is 0 Å². The lowest BCUT2D eigenvalue weighted by molar-refractivity contribution is 0.0322. The van der Waals surface area contributed by atoms with Crippen molar-refractivity contribution in [2.24, 2.45) is 0 Å². The normalized spacial score (nSPS) is 14.3. The maximum Gasteiger partial charge on any atom is 0.140 e. The smallest absolute Gasteiger partial charge is 0.140 e. The second-order valence-corrected chi connectivity index (χ2v) is 6.99. The van der Waals surface area contributed by atoms with E-state index in [1.807, 2.05) is 60.7 Å². The quantitative estimate of drug-likeness (QED) is 0.494. The number of nitrogens with one attached hydrogen (secondary N) is 2. The molecule has 1 fully saturated rings. The number of rotatable bonds is 8. The number of aromatic nitrogens is 1. The van der Waals surface area contributed by atoms with Gasteiger partial charge in [0.25, 0.3) is 0 Å². The Balaban J connectivity index is 1.33. The van der Waals surface area contributed by atoms with Crippen molar-refractivity contribution in [3.63, 3.8) is 0 Å². The highest BCUT2D eigenvalue weighted by atomic mass is 16.5. The van der Waals surface area contributed by atoms with E-state index in [0.29, 0.717) is 23.9 Å². The molecule has 0 spiro atoms. The second-order valence-electron chi connectivity index (χ2n) is 6.99. The molecule has 1 aliphatic heterocycles. The van der Waals surface area contributed by atoms with Crippen LogP contribution in [0.25, 0.3) is 0 Å². The van der Waals surface area contributed by atoms with Gasteiger partial charge in [-0.15, -0.1) is 0 Å². The predicted molar refractivity (Wildman–Crippen MR) is 120 cm³/mol. The van der Waals surface area contributed by atoms with Crippen molar-refractivity contribution >= 4 is 28.7 Å². The first-order valence-corrected chi connectivity index (χ1v) is 10.1. The number of nitrogen functional groups attached to an aromatic ring is 1. The van der Waals surface area contributed by atoms with Crippen LogP contribution in [0.3, 0.4) is 0 Å². The van der Waals surface area contributed by atoms with E-state index in [9.17, 15) is 0 Å². The fourth-order valence-electron chi connectivity index (χ4n) is 3.18. The summed E-state index contributed by atoms with van der Waals surface area (Å²) in [6.07, 6.45) is 0. The molecule has 0 amide bonds. The predicted octanol–water partition coefficient (Wildman–Crippen LogP) is 3.66. The largest absolute Gasteiger partial charge is 0.492 e. The number of benzene rings is 2. The van der Waals surface area contributed by atoms with E-state index in [4.69, 9.17) is 15.2 Å². The van der Waals surface area contributed by atoms with Gasteiger partial charge in [0.15, 0.2) is 0 Å². The zero-order valence-corrected chi connectivity index (χ0v) is 16.8. The molecule has 0 aliphatic carbocycles. The number of anilines is 5. The lowest BCUT2D eigenvalue weighted by Crippen LogP contribution is -2.38. The number of ether oxygens (including phenoxy) is 2. The van der Waals surface area contributed by atoms with Crippen LogP contribution in [0.4, 0.5) is 28.7 Å². The first kappa shape index (κ1) is 20.0. The van der Waals surface area contributed by atoms with Gasteiger partial charge in [0.1, 0.15) is 24.0 Å². The first-order chi connectivity index (χ1) is 14.8. The minimum Gasteiger partial charge on any atom is -0.492 e. The standard InChI is InChI=1S/C23H26N5O2/c24-20-17-19(30-16-13-28-11-14-29-15-12-28)9-10-21(20)26-23-8-4-7-22(27-23)25-18-5-2-1-3-6-18/h1-6,8-10,17H,11-16,24H2,(H2,25,26,27). The number of morpholine rings is 1. The Bertz CT molecular complexity index is 945. The van der Waals surface area contributed by atoms with E-state index in [2.05, 4.69) is 26.6 Å². The minimum atomic E-state index is 0.603. The molecule has 7 heteroatoms. The Morgan fingerprint density at radius 3 is 2.70 bits per heavy atom. The summed E-state index contributed by atoms with van der Waals surface area (Å²) < 4.78 is 11.2. The molecule has 1 aromatic heterocycles. The highest BCUT2D eigenvalue weighted by Gasteiger charge is 2.10. The van der Waals surface area contributed by atoms with Gasteiger partial charge in [-0.1, -0.05) is 18.2 Å². The minimum absolute atomic E-state index is 0.603. The average Bonchev–Trinajstić information content (AvgIpc) is 2.77. The van der Waals surface area contributed by atoms with Gasteiger partial charge in [0.2, 0.25) is 0 Å². The summed E-state index contributed by atoms with van der Waals surface area (Å²) in [7, 11) is 0. The summed E-state index contributed by atoms with van der Waals surface area (Å²) in [5.41, 5.74) is 8.56. The number of hydrogen-bond donors (Lipinski definition) is 3. The molecule has 1 radical (unpaired) electrons. The molecule has 2 heterocycles. The summed E-state index contributed by atoms with van der Waals surface area (Å²) in [4.78, 5) is 6.88. The van der Waals surface area contributed by atoms with Crippen LogP contribution >= 0.6 is 0 Å². The molecule has 4 rings (SSSR count). The van der Waals surface area contributed by atoms with Crippen LogP contribution in [0, 0.1) is 6.07 Å². The van der Waals surface area contributed by atoms with Crippen molar-refractivity contribution in [1.82, 2.24) is 9.88 Å². The summed E-state index contributed by atoms with van der Waals surface area (Å²) >= 11 is 0. The zero-order chi connectivity index (χ0) is 20.6. The van der Waals surface area contributed by atoms with E-state index in [1.165, 1.54) is 0 Å². The molecule has 155 valence electrons. The van der Waals surface area contributed by atoms with Gasteiger partial charge in [-0.2, -0.15) is 0 Å². The Kier molecular flexibility index (Phi) is 6.64. The number of nitrogens with two attached hydrogens (primary N) is 1. The molecule has 1 aliphatic rings. The number of hydrogen-bond acceptors (Lipinski definition) is 7. The molecule has 30 heavy (non-hydrogen) atoms. The second kappa shape index (κ2) is 9.96. The highest BCUT2D eigenvalue weighted by Crippen LogP contribution is 2.27. The fraction of sp³-hybridized carbons (Fsp3) is 0.261. The van der Waals surface area contributed by atoms with Crippen molar-refractivity contribution in [3.8, 4) is 5.75 Å². The van der Waals surface area contributed by atoms with Crippen LogP contribution < -0.4 is 21.1 Å². The van der Waals surface area contributed by atoms with Crippen molar-refractivity contribution in [1.29, 1.82) is 0 Å². The number of nitrogens with zero attached hydrogens (tertiary/aromatic N) is 2. The van der Waals surface area contributed by atoms with Gasteiger partial charge >= 0.3 is 0 Å². The molecule has 1 saturated heterocycles. The van der Waals surface area contributed by atoms with Crippen LogP contribution in [0.5, 0.6) is 5.75 Å². The summed E-state index contributed by atoms with van der Waals surface area (Å²) in [6, 6.07) is 22.3. The average molecular weight is 404 g/mol. The van der Waals surface area contributed by atoms with Crippen molar-refractivity contribution in [2.75, 3.05) is 55.8 Å². The zero-order valence-electron chi connectivity index (χ0n) is 16.8. The van der Waals surface area contributed by atoms with Gasteiger partial charge in [0.05, 0.1) is 24.6 Å². The third-order valence-corrected chi connectivity index (χ3v) is 4.80. The topological polar surface area (TPSA) is 84.7 Å². The van der Waals surface area contributed by atoms with Gasteiger partial charge in [-0.05, 0) is 36.4 Å². The molecule has 2 aromatic carbocycles. The highest BCUT2D eigenvalue weighted by molar-refractivity contribution is 5.73. The molecule has 4 N–H and O–H groups in total.